The van der Waals surface area contributed by atoms with Crippen LogP contribution in [0.3, 0.4) is 0 Å². The number of hydrogen-bond donors (Lipinski definition) is 2. The number of tetrazole rings is 1. The Kier molecular flexibility index (Phi) is 5.75. The number of fused-ring (bicyclic) bond motifs is 1. The van der Waals surface area contributed by atoms with Gasteiger partial charge in [0.1, 0.15) is 17.4 Å². The number of rotatable bonds is 7. The molecule has 0 aliphatic heterocycles. The van der Waals surface area contributed by atoms with Crippen molar-refractivity contribution in [3.8, 4) is 5.75 Å². The van der Waals surface area contributed by atoms with E-state index < -0.39 is 5.91 Å². The number of amides is 2. The number of nitrogens with one attached hydrogen (secondary N) is 1. The van der Waals surface area contributed by atoms with Gasteiger partial charge in [-0.1, -0.05) is 0 Å². The quantitative estimate of drug-likeness (QED) is 0.598. The summed E-state index contributed by atoms with van der Waals surface area (Å²) in [5.74, 6) is 0.432. The van der Waals surface area contributed by atoms with Gasteiger partial charge in [0.2, 0.25) is 0 Å². The lowest BCUT2D eigenvalue weighted by Gasteiger charge is -2.11. The average Bonchev–Trinajstić information content (AvgIpc) is 3.36. The van der Waals surface area contributed by atoms with E-state index in [1.54, 1.807) is 28.9 Å². The minimum absolute atomic E-state index is 0.231. The molecule has 2 heterocycles. The number of primary amides is 1. The Balaban J connectivity index is 1.44. The Morgan fingerprint density at radius 3 is 2.73 bits per heavy atom. The molecule has 0 unspecified atom stereocenters. The number of aromatic nitrogens is 4. The molecule has 1 aliphatic rings. The highest BCUT2D eigenvalue weighted by atomic mass is 32.1. The summed E-state index contributed by atoms with van der Waals surface area (Å²) in [5.41, 5.74) is 7.50. The van der Waals surface area contributed by atoms with Crippen LogP contribution in [-0.2, 0) is 26.0 Å². The molecule has 1 aromatic carbocycles. The summed E-state index contributed by atoms with van der Waals surface area (Å²) in [7, 11) is 0. The Morgan fingerprint density at radius 2 is 2.00 bits per heavy atom. The van der Waals surface area contributed by atoms with Crippen molar-refractivity contribution in [2.45, 2.75) is 45.8 Å². The maximum absolute atomic E-state index is 12.7. The zero-order chi connectivity index (χ0) is 21.1. The van der Waals surface area contributed by atoms with Crippen LogP contribution in [0.4, 0.5) is 5.00 Å². The molecule has 0 saturated carbocycles. The molecular formula is C20H22N6O3S. The molecule has 2 aromatic heterocycles. The van der Waals surface area contributed by atoms with E-state index in [4.69, 9.17) is 10.5 Å². The topological polar surface area (TPSA) is 125 Å². The Morgan fingerprint density at radius 1 is 1.23 bits per heavy atom. The lowest BCUT2D eigenvalue weighted by Crippen LogP contribution is -2.18. The van der Waals surface area contributed by atoms with Gasteiger partial charge in [-0.15, -0.1) is 16.4 Å². The first kappa shape index (κ1) is 20.0. The lowest BCUT2D eigenvalue weighted by atomic mass is 9.95. The highest BCUT2D eigenvalue weighted by molar-refractivity contribution is 7.17. The van der Waals surface area contributed by atoms with E-state index in [1.165, 1.54) is 11.3 Å². The first-order valence-corrected chi connectivity index (χ1v) is 10.6. The van der Waals surface area contributed by atoms with Crippen LogP contribution in [0.1, 0.15) is 56.7 Å². The number of nitrogens with zero attached hydrogens (tertiary/aromatic N) is 4. The molecule has 0 bridgehead atoms. The number of ether oxygens (including phenoxy) is 1. The SMILES string of the molecule is CCn1nnnc1COc1ccc(C(=O)Nc2sc3c(c2C(N)=O)CCCC3)cc1. The molecule has 0 atom stereocenters. The number of nitrogens with two attached hydrogens (primary N) is 1. The second-order valence-electron chi connectivity index (χ2n) is 6.96. The Labute approximate surface area is 177 Å². The van der Waals surface area contributed by atoms with Gasteiger partial charge in [-0.25, -0.2) is 4.68 Å². The standard InChI is InChI=1S/C20H22N6O3S/c1-2-26-16(23-24-25-26)11-29-13-9-7-12(8-10-13)19(28)22-20-17(18(21)27)14-5-3-4-6-15(14)30-20/h7-10H,2-6,11H2,1H3,(H2,21,27)(H,22,28). The summed E-state index contributed by atoms with van der Waals surface area (Å²) in [6.45, 7) is 2.83. The molecule has 2 amide bonds. The number of anilines is 1. The van der Waals surface area contributed by atoms with Gasteiger partial charge in [-0.05, 0) is 72.9 Å². The summed E-state index contributed by atoms with van der Waals surface area (Å²) >= 11 is 1.45. The molecule has 0 spiro atoms. The van der Waals surface area contributed by atoms with E-state index in [2.05, 4.69) is 20.8 Å². The third kappa shape index (κ3) is 4.04. The van der Waals surface area contributed by atoms with E-state index in [0.29, 0.717) is 34.2 Å². The molecule has 3 aromatic rings. The maximum Gasteiger partial charge on any atom is 0.256 e. The lowest BCUT2D eigenvalue weighted by molar-refractivity contribution is 0.100. The molecule has 9 nitrogen and oxygen atoms in total. The summed E-state index contributed by atoms with van der Waals surface area (Å²) in [6, 6.07) is 6.77. The smallest absolute Gasteiger partial charge is 0.256 e. The van der Waals surface area contributed by atoms with Gasteiger partial charge >= 0.3 is 0 Å². The van der Waals surface area contributed by atoms with Gasteiger partial charge in [0, 0.05) is 17.0 Å². The van der Waals surface area contributed by atoms with Crippen LogP contribution in [0, 0.1) is 0 Å². The van der Waals surface area contributed by atoms with Gasteiger partial charge in [0.05, 0.1) is 5.56 Å². The fraction of sp³-hybridized carbons (Fsp3) is 0.350. The van der Waals surface area contributed by atoms with Crippen molar-refractivity contribution in [3.05, 3.63) is 51.7 Å². The summed E-state index contributed by atoms with van der Waals surface area (Å²) in [4.78, 5) is 25.8. The molecule has 10 heteroatoms. The number of hydrogen-bond acceptors (Lipinski definition) is 7. The van der Waals surface area contributed by atoms with Crippen molar-refractivity contribution in [3.63, 3.8) is 0 Å². The normalized spacial score (nSPS) is 13.0. The molecule has 0 radical (unpaired) electrons. The number of thiophene rings is 1. The van der Waals surface area contributed by atoms with Crippen molar-refractivity contribution in [2.24, 2.45) is 5.73 Å². The van der Waals surface area contributed by atoms with Crippen LogP contribution < -0.4 is 15.8 Å². The molecule has 3 N–H and O–H groups in total. The van der Waals surface area contributed by atoms with E-state index >= 15 is 0 Å². The number of aryl methyl sites for hydroxylation is 2. The van der Waals surface area contributed by atoms with Gasteiger partial charge in [0.25, 0.3) is 11.8 Å². The third-order valence-corrected chi connectivity index (χ3v) is 6.24. The van der Waals surface area contributed by atoms with Crippen molar-refractivity contribution in [1.29, 1.82) is 0 Å². The van der Waals surface area contributed by atoms with Crippen LogP contribution in [0.2, 0.25) is 0 Å². The van der Waals surface area contributed by atoms with Crippen molar-refractivity contribution in [1.82, 2.24) is 20.2 Å². The molecule has 0 fully saturated rings. The Bertz CT molecular complexity index is 1070. The van der Waals surface area contributed by atoms with Crippen molar-refractivity contribution < 1.29 is 14.3 Å². The monoisotopic (exact) mass is 426 g/mol. The van der Waals surface area contributed by atoms with Gasteiger partial charge < -0.3 is 15.8 Å². The van der Waals surface area contributed by atoms with Gasteiger partial charge in [-0.2, -0.15) is 0 Å². The van der Waals surface area contributed by atoms with Crippen molar-refractivity contribution in [2.75, 3.05) is 5.32 Å². The molecule has 0 saturated heterocycles. The van der Waals surface area contributed by atoms with Crippen LogP contribution in [0.15, 0.2) is 24.3 Å². The van der Waals surface area contributed by atoms with Crippen molar-refractivity contribution >= 4 is 28.2 Å². The number of carbonyl (C=O) groups excluding carboxylic acids is 2. The van der Waals surface area contributed by atoms with Crippen LogP contribution >= 0.6 is 11.3 Å². The largest absolute Gasteiger partial charge is 0.486 e. The summed E-state index contributed by atoms with van der Waals surface area (Å²) in [5, 5.41) is 14.8. The average molecular weight is 427 g/mol. The molecule has 30 heavy (non-hydrogen) atoms. The second kappa shape index (κ2) is 8.62. The highest BCUT2D eigenvalue weighted by Gasteiger charge is 2.25. The number of benzene rings is 1. The fourth-order valence-corrected chi connectivity index (χ4v) is 4.80. The number of carbonyl (C=O) groups is 2. The molecular weight excluding hydrogens is 404 g/mol. The fourth-order valence-electron chi connectivity index (χ4n) is 3.51. The van der Waals surface area contributed by atoms with E-state index in [1.807, 2.05) is 6.92 Å². The maximum atomic E-state index is 12.7. The predicted octanol–water partition coefficient (Wildman–Crippen LogP) is 2.56. The Hall–Kier alpha value is -3.27. The first-order valence-electron chi connectivity index (χ1n) is 9.80. The minimum atomic E-state index is -0.497. The zero-order valence-electron chi connectivity index (χ0n) is 16.6. The van der Waals surface area contributed by atoms with Crippen LogP contribution in [0.5, 0.6) is 5.75 Å². The third-order valence-electron chi connectivity index (χ3n) is 5.03. The van der Waals surface area contributed by atoms with E-state index in [-0.39, 0.29) is 12.5 Å². The molecule has 156 valence electrons. The van der Waals surface area contributed by atoms with E-state index in [0.717, 1.165) is 36.1 Å². The highest BCUT2D eigenvalue weighted by Crippen LogP contribution is 2.38. The summed E-state index contributed by atoms with van der Waals surface area (Å²) < 4.78 is 7.35. The molecule has 4 rings (SSSR count). The van der Waals surface area contributed by atoms with Gasteiger partial charge in [0.15, 0.2) is 5.82 Å². The van der Waals surface area contributed by atoms with Crippen LogP contribution in [0.25, 0.3) is 0 Å². The first-order chi connectivity index (χ1) is 14.6. The van der Waals surface area contributed by atoms with Gasteiger partial charge in [-0.3, -0.25) is 9.59 Å². The molecule has 1 aliphatic carbocycles. The zero-order valence-corrected chi connectivity index (χ0v) is 17.4. The van der Waals surface area contributed by atoms with Crippen LogP contribution in [-0.4, -0.2) is 32.0 Å². The van der Waals surface area contributed by atoms with E-state index in [9.17, 15) is 9.59 Å². The summed E-state index contributed by atoms with van der Waals surface area (Å²) in [6.07, 6.45) is 3.87. The predicted molar refractivity (Wildman–Crippen MR) is 112 cm³/mol. The second-order valence-corrected chi connectivity index (χ2v) is 8.06. The minimum Gasteiger partial charge on any atom is -0.486 e.